The van der Waals surface area contributed by atoms with Gasteiger partial charge in [-0.15, -0.1) is 5.10 Å². The fraction of sp³-hybridized carbons (Fsp3) is 0.182. The normalized spacial score (nSPS) is 10.4. The molecule has 0 atom stereocenters. The zero-order chi connectivity index (χ0) is 15.4. The van der Waals surface area contributed by atoms with E-state index in [9.17, 15) is 14.9 Å². The number of nitrogens with zero attached hydrogens (tertiary/aromatic N) is 4. The first-order chi connectivity index (χ1) is 9.99. The predicted octanol–water partition coefficient (Wildman–Crippen LogP) is 1.92. The Bertz CT molecular complexity index is 675. The third kappa shape index (κ3) is 3.67. The molecule has 0 aliphatic carbocycles. The van der Waals surface area contributed by atoms with Crippen molar-refractivity contribution in [3.63, 3.8) is 0 Å². The number of amides is 1. The molecule has 0 fully saturated rings. The Morgan fingerprint density at radius 3 is 2.81 bits per heavy atom. The number of halogens is 2. The van der Waals surface area contributed by atoms with E-state index in [2.05, 4.69) is 15.6 Å². The minimum Gasteiger partial charge on any atom is -0.350 e. The van der Waals surface area contributed by atoms with Gasteiger partial charge in [0, 0.05) is 24.4 Å². The van der Waals surface area contributed by atoms with Crippen LogP contribution in [0.5, 0.6) is 0 Å². The van der Waals surface area contributed by atoms with Gasteiger partial charge >= 0.3 is 0 Å². The highest BCUT2D eigenvalue weighted by atomic mass is 35.5. The fourth-order valence-corrected chi connectivity index (χ4v) is 1.97. The molecule has 2 rings (SSSR count). The summed E-state index contributed by atoms with van der Waals surface area (Å²) in [5.74, 6) is -0.489. The van der Waals surface area contributed by atoms with Crippen molar-refractivity contribution in [1.29, 1.82) is 0 Å². The molecular weight excluding hydrogens is 321 g/mol. The maximum Gasteiger partial charge on any atom is 0.290 e. The summed E-state index contributed by atoms with van der Waals surface area (Å²) in [7, 11) is 0. The molecular formula is C11H9Cl2N5O3. The van der Waals surface area contributed by atoms with Gasteiger partial charge in [0.15, 0.2) is 0 Å². The average Bonchev–Trinajstić information content (AvgIpc) is 2.94. The number of nitro benzene ring substituents is 1. The number of hydrogen-bond donors (Lipinski definition) is 1. The quantitative estimate of drug-likeness (QED) is 0.666. The van der Waals surface area contributed by atoms with E-state index in [4.69, 9.17) is 23.2 Å². The summed E-state index contributed by atoms with van der Waals surface area (Å²) in [6, 6.07) is 2.36. The molecule has 0 bridgehead atoms. The molecule has 2 aromatic rings. The van der Waals surface area contributed by atoms with Crippen LogP contribution in [0.4, 0.5) is 5.69 Å². The number of hydrogen-bond acceptors (Lipinski definition) is 5. The van der Waals surface area contributed by atoms with Gasteiger partial charge in [0.2, 0.25) is 0 Å². The van der Waals surface area contributed by atoms with Crippen LogP contribution in [0.1, 0.15) is 10.4 Å². The van der Waals surface area contributed by atoms with Crippen LogP contribution >= 0.6 is 23.2 Å². The number of nitro groups is 1. The predicted molar refractivity (Wildman–Crippen MR) is 75.5 cm³/mol. The number of carbonyl (C=O) groups is 1. The van der Waals surface area contributed by atoms with Crippen LogP contribution < -0.4 is 5.32 Å². The van der Waals surface area contributed by atoms with Crippen LogP contribution in [0.2, 0.25) is 10.0 Å². The lowest BCUT2D eigenvalue weighted by molar-refractivity contribution is -0.384. The third-order valence-corrected chi connectivity index (χ3v) is 3.36. The summed E-state index contributed by atoms with van der Waals surface area (Å²) in [4.78, 5) is 22.1. The zero-order valence-corrected chi connectivity index (χ0v) is 12.0. The van der Waals surface area contributed by atoms with E-state index in [-0.39, 0.29) is 22.2 Å². The second-order valence-corrected chi connectivity index (χ2v) is 4.76. The summed E-state index contributed by atoms with van der Waals surface area (Å²) in [6.07, 6.45) is 3.17. The highest BCUT2D eigenvalue weighted by Gasteiger charge is 2.19. The molecule has 0 aliphatic rings. The van der Waals surface area contributed by atoms with Crippen LogP contribution in [0.15, 0.2) is 24.5 Å². The fourth-order valence-electron chi connectivity index (χ4n) is 1.58. The Morgan fingerprint density at radius 2 is 2.19 bits per heavy atom. The second-order valence-electron chi connectivity index (χ2n) is 3.97. The van der Waals surface area contributed by atoms with Crippen molar-refractivity contribution >= 4 is 34.8 Å². The molecule has 1 aromatic carbocycles. The van der Waals surface area contributed by atoms with Crippen molar-refractivity contribution in [3.8, 4) is 0 Å². The summed E-state index contributed by atoms with van der Waals surface area (Å²) in [6.45, 7) is 0.714. The Labute approximate surface area is 128 Å². The molecule has 8 nitrogen and oxygen atoms in total. The molecule has 0 saturated heterocycles. The molecule has 1 aromatic heterocycles. The van der Waals surface area contributed by atoms with Gasteiger partial charge in [0.05, 0.1) is 22.7 Å². The molecule has 1 heterocycles. The van der Waals surface area contributed by atoms with Gasteiger partial charge in [-0.2, -0.15) is 0 Å². The summed E-state index contributed by atoms with van der Waals surface area (Å²) in [5.41, 5.74) is -0.347. The Kier molecular flexibility index (Phi) is 4.71. The van der Waals surface area contributed by atoms with Gasteiger partial charge in [-0.1, -0.05) is 28.4 Å². The molecule has 21 heavy (non-hydrogen) atoms. The van der Waals surface area contributed by atoms with Gasteiger partial charge in [0.25, 0.3) is 11.6 Å². The van der Waals surface area contributed by atoms with E-state index in [1.165, 1.54) is 16.9 Å². The van der Waals surface area contributed by atoms with Gasteiger partial charge < -0.3 is 5.32 Å². The van der Waals surface area contributed by atoms with Crippen molar-refractivity contribution in [2.75, 3.05) is 6.54 Å². The molecule has 10 heteroatoms. The van der Waals surface area contributed by atoms with E-state index >= 15 is 0 Å². The average molecular weight is 330 g/mol. The van der Waals surface area contributed by atoms with Gasteiger partial charge in [-0.25, -0.2) is 0 Å². The largest absolute Gasteiger partial charge is 0.350 e. The van der Waals surface area contributed by atoms with Crippen LogP contribution in [0.3, 0.4) is 0 Å². The third-order valence-electron chi connectivity index (χ3n) is 2.57. The highest BCUT2D eigenvalue weighted by Crippen LogP contribution is 2.32. The van der Waals surface area contributed by atoms with Crippen molar-refractivity contribution in [1.82, 2.24) is 20.3 Å². The summed E-state index contributed by atoms with van der Waals surface area (Å²) >= 11 is 11.5. The lowest BCUT2D eigenvalue weighted by Gasteiger charge is -2.06. The summed E-state index contributed by atoms with van der Waals surface area (Å²) < 4.78 is 1.54. The number of benzene rings is 1. The summed E-state index contributed by atoms with van der Waals surface area (Å²) in [5, 5.41) is 20.5. The zero-order valence-electron chi connectivity index (χ0n) is 10.5. The molecule has 0 saturated carbocycles. The maximum absolute atomic E-state index is 11.9. The van der Waals surface area contributed by atoms with Gasteiger partial charge in [0.1, 0.15) is 5.02 Å². The number of rotatable bonds is 5. The number of carbonyl (C=O) groups excluding carboxylic acids is 1. The number of aromatic nitrogens is 3. The van der Waals surface area contributed by atoms with Crippen LogP contribution in [-0.2, 0) is 6.54 Å². The van der Waals surface area contributed by atoms with E-state index in [1.54, 1.807) is 6.20 Å². The maximum atomic E-state index is 11.9. The Hall–Kier alpha value is -2.19. The standard InChI is InChI=1S/C11H9Cl2N5O3/c12-8-5-7(6-9(10(8)13)18(20)21)11(19)14-1-3-17-4-2-15-16-17/h2,4-6H,1,3H2,(H,14,19). The van der Waals surface area contributed by atoms with Gasteiger partial charge in [-0.3, -0.25) is 19.6 Å². The SMILES string of the molecule is O=C(NCCn1ccnn1)c1cc(Cl)c(Cl)c([N+](=O)[O-])c1. The van der Waals surface area contributed by atoms with Gasteiger partial charge in [-0.05, 0) is 6.07 Å². The molecule has 1 amide bonds. The van der Waals surface area contributed by atoms with Crippen molar-refractivity contribution < 1.29 is 9.72 Å². The van der Waals surface area contributed by atoms with Crippen molar-refractivity contribution in [3.05, 3.63) is 50.2 Å². The van der Waals surface area contributed by atoms with Crippen LogP contribution in [0, 0.1) is 10.1 Å². The van der Waals surface area contributed by atoms with Crippen LogP contribution in [-0.4, -0.2) is 32.4 Å². The highest BCUT2D eigenvalue weighted by molar-refractivity contribution is 6.43. The Balaban J connectivity index is 2.07. The molecule has 110 valence electrons. The van der Waals surface area contributed by atoms with E-state index in [1.807, 2.05) is 0 Å². The first-order valence-corrected chi connectivity index (χ1v) is 6.50. The first kappa shape index (κ1) is 15.2. The first-order valence-electron chi connectivity index (χ1n) is 5.75. The molecule has 0 aliphatic heterocycles. The van der Waals surface area contributed by atoms with E-state index < -0.39 is 16.5 Å². The van der Waals surface area contributed by atoms with E-state index in [0.29, 0.717) is 6.54 Å². The monoisotopic (exact) mass is 329 g/mol. The molecule has 0 spiro atoms. The number of nitrogens with one attached hydrogen (secondary N) is 1. The van der Waals surface area contributed by atoms with E-state index in [0.717, 1.165) is 6.07 Å². The molecule has 0 radical (unpaired) electrons. The Morgan fingerprint density at radius 1 is 1.43 bits per heavy atom. The smallest absolute Gasteiger partial charge is 0.290 e. The lowest BCUT2D eigenvalue weighted by atomic mass is 10.2. The van der Waals surface area contributed by atoms with Crippen molar-refractivity contribution in [2.45, 2.75) is 6.54 Å². The molecule has 1 N–H and O–H groups in total. The van der Waals surface area contributed by atoms with Crippen molar-refractivity contribution in [2.24, 2.45) is 0 Å². The minimum absolute atomic E-state index is 0.0488. The molecule has 0 unspecified atom stereocenters. The van der Waals surface area contributed by atoms with Crippen LogP contribution in [0.25, 0.3) is 0 Å². The lowest BCUT2D eigenvalue weighted by Crippen LogP contribution is -2.27. The topological polar surface area (TPSA) is 103 Å². The second kappa shape index (κ2) is 6.51. The minimum atomic E-state index is -0.694.